The van der Waals surface area contributed by atoms with E-state index in [-0.39, 0.29) is 17.0 Å². The standard InChI is InChI=1S/C12H17FN2O2S/c1-9-8-15(10(2)7-14-9)18(16,17)12-6-4-3-5-11(12)13/h3-6,9-10,14H,7-8H2,1-2H3/t9-,10+/m0/s1. The van der Waals surface area contributed by atoms with Crippen molar-refractivity contribution >= 4 is 10.0 Å². The van der Waals surface area contributed by atoms with Gasteiger partial charge in [0.1, 0.15) is 10.7 Å². The van der Waals surface area contributed by atoms with E-state index < -0.39 is 15.8 Å². The highest BCUT2D eigenvalue weighted by Gasteiger charge is 2.34. The average molecular weight is 272 g/mol. The van der Waals surface area contributed by atoms with E-state index in [0.717, 1.165) is 0 Å². The topological polar surface area (TPSA) is 49.4 Å². The number of rotatable bonds is 2. The van der Waals surface area contributed by atoms with Crippen molar-refractivity contribution in [2.45, 2.75) is 30.8 Å². The minimum absolute atomic E-state index is 0.0720. The van der Waals surface area contributed by atoms with Crippen LogP contribution in [0.2, 0.25) is 0 Å². The van der Waals surface area contributed by atoms with Crippen LogP contribution in [-0.4, -0.2) is 37.9 Å². The molecule has 18 heavy (non-hydrogen) atoms. The molecule has 0 aromatic heterocycles. The third-order valence-electron chi connectivity index (χ3n) is 3.13. The highest BCUT2D eigenvalue weighted by atomic mass is 32.2. The third kappa shape index (κ3) is 2.41. The summed E-state index contributed by atoms with van der Waals surface area (Å²) in [7, 11) is -3.76. The summed E-state index contributed by atoms with van der Waals surface area (Å²) < 4.78 is 39.9. The molecule has 1 aliphatic rings. The molecule has 1 N–H and O–H groups in total. The van der Waals surface area contributed by atoms with Crippen LogP contribution >= 0.6 is 0 Å². The van der Waals surface area contributed by atoms with Crippen LogP contribution in [0.25, 0.3) is 0 Å². The second-order valence-electron chi connectivity index (χ2n) is 4.66. The molecule has 1 fully saturated rings. The van der Waals surface area contributed by atoms with Gasteiger partial charge in [0, 0.05) is 25.2 Å². The van der Waals surface area contributed by atoms with E-state index in [9.17, 15) is 12.8 Å². The van der Waals surface area contributed by atoms with Gasteiger partial charge in [0.15, 0.2) is 0 Å². The number of nitrogens with one attached hydrogen (secondary N) is 1. The van der Waals surface area contributed by atoms with Gasteiger partial charge >= 0.3 is 0 Å². The summed E-state index contributed by atoms with van der Waals surface area (Å²) >= 11 is 0. The lowest BCUT2D eigenvalue weighted by molar-refractivity contribution is 0.244. The van der Waals surface area contributed by atoms with Gasteiger partial charge in [0.25, 0.3) is 0 Å². The summed E-state index contributed by atoms with van der Waals surface area (Å²) in [6.07, 6.45) is 0. The van der Waals surface area contributed by atoms with Crippen molar-refractivity contribution in [3.8, 4) is 0 Å². The zero-order chi connectivity index (χ0) is 13.3. The molecule has 0 aliphatic carbocycles. The van der Waals surface area contributed by atoms with Crippen molar-refractivity contribution < 1.29 is 12.8 Å². The van der Waals surface area contributed by atoms with E-state index >= 15 is 0 Å². The zero-order valence-electron chi connectivity index (χ0n) is 10.4. The Kier molecular flexibility index (Phi) is 3.70. The van der Waals surface area contributed by atoms with Crippen LogP contribution in [0.3, 0.4) is 0 Å². The SMILES string of the molecule is C[C@@H]1CN[C@@H](C)CN1S(=O)(=O)c1ccccc1F. The lowest BCUT2D eigenvalue weighted by atomic mass is 10.2. The van der Waals surface area contributed by atoms with E-state index in [1.165, 1.54) is 28.6 Å². The number of hydrogen-bond donors (Lipinski definition) is 1. The fourth-order valence-electron chi connectivity index (χ4n) is 2.10. The van der Waals surface area contributed by atoms with Gasteiger partial charge in [-0.25, -0.2) is 12.8 Å². The summed E-state index contributed by atoms with van der Waals surface area (Å²) in [5.74, 6) is -0.698. The molecule has 1 aromatic carbocycles. The first-order valence-corrected chi connectivity index (χ1v) is 7.36. The molecule has 2 rings (SSSR count). The second-order valence-corrected chi connectivity index (χ2v) is 6.52. The Labute approximate surface area is 107 Å². The van der Waals surface area contributed by atoms with Gasteiger partial charge in [0.2, 0.25) is 10.0 Å². The van der Waals surface area contributed by atoms with Gasteiger partial charge in [-0.2, -0.15) is 4.31 Å². The van der Waals surface area contributed by atoms with Crippen molar-refractivity contribution in [1.29, 1.82) is 0 Å². The van der Waals surface area contributed by atoms with Gasteiger partial charge in [-0.15, -0.1) is 0 Å². The quantitative estimate of drug-likeness (QED) is 0.880. The van der Waals surface area contributed by atoms with E-state index in [4.69, 9.17) is 0 Å². The highest BCUT2D eigenvalue weighted by Crippen LogP contribution is 2.22. The summed E-state index contributed by atoms with van der Waals surface area (Å²) in [6, 6.07) is 5.39. The van der Waals surface area contributed by atoms with Crippen LogP contribution < -0.4 is 5.32 Å². The van der Waals surface area contributed by atoms with Gasteiger partial charge < -0.3 is 5.32 Å². The fraction of sp³-hybridized carbons (Fsp3) is 0.500. The van der Waals surface area contributed by atoms with Crippen LogP contribution in [0.5, 0.6) is 0 Å². The average Bonchev–Trinajstić information content (AvgIpc) is 2.32. The van der Waals surface area contributed by atoms with E-state index in [1.54, 1.807) is 0 Å². The Morgan fingerprint density at radius 1 is 1.33 bits per heavy atom. The zero-order valence-corrected chi connectivity index (χ0v) is 11.2. The van der Waals surface area contributed by atoms with E-state index in [0.29, 0.717) is 13.1 Å². The summed E-state index contributed by atoms with van der Waals surface area (Å²) in [6.45, 7) is 4.67. The summed E-state index contributed by atoms with van der Waals surface area (Å²) in [4.78, 5) is -0.244. The Bertz CT molecular complexity index is 533. The van der Waals surface area contributed by atoms with Crippen molar-refractivity contribution in [3.63, 3.8) is 0 Å². The van der Waals surface area contributed by atoms with Crippen molar-refractivity contribution in [2.24, 2.45) is 0 Å². The number of hydrogen-bond acceptors (Lipinski definition) is 3. The lowest BCUT2D eigenvalue weighted by Gasteiger charge is -2.36. The number of halogens is 1. The molecule has 100 valence electrons. The molecule has 0 radical (unpaired) electrons. The first-order chi connectivity index (χ1) is 8.43. The molecule has 0 unspecified atom stereocenters. The molecular weight excluding hydrogens is 255 g/mol. The maximum Gasteiger partial charge on any atom is 0.246 e. The van der Waals surface area contributed by atoms with Crippen LogP contribution in [0.15, 0.2) is 29.2 Å². The predicted octanol–water partition coefficient (Wildman–Crippen LogP) is 1.20. The Morgan fingerprint density at radius 2 is 2.00 bits per heavy atom. The lowest BCUT2D eigenvalue weighted by Crippen LogP contribution is -2.56. The molecule has 0 saturated carbocycles. The summed E-state index contributed by atoms with van der Waals surface area (Å²) in [5, 5.41) is 3.20. The Morgan fingerprint density at radius 3 is 2.67 bits per heavy atom. The minimum Gasteiger partial charge on any atom is -0.311 e. The van der Waals surface area contributed by atoms with E-state index in [1.807, 2.05) is 13.8 Å². The van der Waals surface area contributed by atoms with Gasteiger partial charge in [0.05, 0.1) is 0 Å². The number of sulfonamides is 1. The van der Waals surface area contributed by atoms with Gasteiger partial charge in [-0.3, -0.25) is 0 Å². The second kappa shape index (κ2) is 4.95. The molecule has 1 aromatic rings. The smallest absolute Gasteiger partial charge is 0.246 e. The molecule has 1 saturated heterocycles. The molecule has 0 bridgehead atoms. The highest BCUT2D eigenvalue weighted by molar-refractivity contribution is 7.89. The van der Waals surface area contributed by atoms with Crippen LogP contribution in [-0.2, 0) is 10.0 Å². The maximum atomic E-state index is 13.6. The van der Waals surface area contributed by atoms with Crippen LogP contribution in [0, 0.1) is 5.82 Å². The molecule has 1 heterocycles. The van der Waals surface area contributed by atoms with E-state index in [2.05, 4.69) is 5.32 Å². The third-order valence-corrected chi connectivity index (χ3v) is 5.14. The molecule has 2 atom stereocenters. The molecule has 4 nitrogen and oxygen atoms in total. The Balaban J connectivity index is 2.39. The Hall–Kier alpha value is -0.980. The first kappa shape index (κ1) is 13.5. The maximum absolute atomic E-state index is 13.6. The van der Waals surface area contributed by atoms with Crippen molar-refractivity contribution in [3.05, 3.63) is 30.1 Å². The number of piperazine rings is 1. The minimum atomic E-state index is -3.76. The summed E-state index contributed by atoms with van der Waals surface area (Å²) in [5.41, 5.74) is 0. The van der Waals surface area contributed by atoms with Gasteiger partial charge in [-0.1, -0.05) is 12.1 Å². The fourth-order valence-corrected chi connectivity index (χ4v) is 3.89. The number of benzene rings is 1. The van der Waals surface area contributed by atoms with Crippen LogP contribution in [0.4, 0.5) is 4.39 Å². The molecule has 1 aliphatic heterocycles. The number of nitrogens with zero attached hydrogens (tertiary/aromatic N) is 1. The molecule has 0 amide bonds. The predicted molar refractivity (Wildman–Crippen MR) is 67.2 cm³/mol. The normalized spacial score (nSPS) is 26.2. The van der Waals surface area contributed by atoms with Crippen molar-refractivity contribution in [2.75, 3.05) is 13.1 Å². The molecule has 0 spiro atoms. The monoisotopic (exact) mass is 272 g/mol. The largest absolute Gasteiger partial charge is 0.311 e. The van der Waals surface area contributed by atoms with Crippen LogP contribution in [0.1, 0.15) is 13.8 Å². The van der Waals surface area contributed by atoms with Gasteiger partial charge in [-0.05, 0) is 26.0 Å². The van der Waals surface area contributed by atoms with Crippen molar-refractivity contribution in [1.82, 2.24) is 9.62 Å². The first-order valence-electron chi connectivity index (χ1n) is 5.92. The molecular formula is C12H17FN2O2S. The molecule has 6 heteroatoms.